The van der Waals surface area contributed by atoms with E-state index in [9.17, 15) is 4.79 Å². The van der Waals surface area contributed by atoms with Gasteiger partial charge in [-0.3, -0.25) is 4.90 Å². The molecule has 0 spiro atoms. The highest BCUT2D eigenvalue weighted by Crippen LogP contribution is 2.08. The van der Waals surface area contributed by atoms with Crippen molar-refractivity contribution in [3.63, 3.8) is 0 Å². The van der Waals surface area contributed by atoms with E-state index in [0.29, 0.717) is 13.0 Å². The number of aliphatic hydroxyl groups is 1. The van der Waals surface area contributed by atoms with E-state index in [0.717, 1.165) is 32.5 Å². The van der Waals surface area contributed by atoms with Crippen molar-refractivity contribution in [3.05, 3.63) is 0 Å². The third-order valence-corrected chi connectivity index (χ3v) is 2.78. The molecule has 1 heterocycles. The molecule has 0 amide bonds. The molecule has 4 nitrogen and oxygen atoms in total. The van der Waals surface area contributed by atoms with E-state index in [2.05, 4.69) is 4.90 Å². The molecule has 0 saturated carbocycles. The summed E-state index contributed by atoms with van der Waals surface area (Å²) in [6.07, 6.45) is 2.65. The Balaban J connectivity index is 2.15. The van der Waals surface area contributed by atoms with Gasteiger partial charge in [-0.2, -0.15) is 0 Å². The van der Waals surface area contributed by atoms with Crippen molar-refractivity contribution >= 4 is 5.78 Å². The molecule has 0 radical (unpaired) electrons. The summed E-state index contributed by atoms with van der Waals surface area (Å²) >= 11 is 0. The minimum Gasteiger partial charge on any atom is -0.395 e. The molecule has 1 unspecified atom stereocenters. The fourth-order valence-corrected chi connectivity index (χ4v) is 1.84. The van der Waals surface area contributed by atoms with Crippen LogP contribution in [0.15, 0.2) is 0 Å². The maximum atomic E-state index is 10.7. The first-order chi connectivity index (χ1) is 7.24. The van der Waals surface area contributed by atoms with Crippen molar-refractivity contribution in [1.29, 1.82) is 0 Å². The Bertz CT molecular complexity index is 196. The van der Waals surface area contributed by atoms with Crippen LogP contribution in [0.1, 0.15) is 26.2 Å². The first-order valence-electron chi connectivity index (χ1n) is 5.66. The van der Waals surface area contributed by atoms with Crippen molar-refractivity contribution in [2.24, 2.45) is 0 Å². The molecule has 1 aliphatic heterocycles. The molecule has 0 aromatic rings. The molecule has 0 aromatic heterocycles. The number of carbonyl (C=O) groups excluding carboxylic acids is 1. The Morgan fingerprint density at radius 1 is 1.53 bits per heavy atom. The molecule has 15 heavy (non-hydrogen) atoms. The van der Waals surface area contributed by atoms with E-state index < -0.39 is 0 Å². The Hall–Kier alpha value is -0.450. The zero-order valence-electron chi connectivity index (χ0n) is 9.45. The number of ketones is 1. The average molecular weight is 215 g/mol. The maximum Gasteiger partial charge on any atom is 0.129 e. The molecule has 0 bridgehead atoms. The number of carbonyl (C=O) groups is 1. The van der Waals surface area contributed by atoms with E-state index in [1.807, 2.05) is 0 Å². The van der Waals surface area contributed by atoms with Crippen molar-refractivity contribution in [2.45, 2.75) is 32.2 Å². The van der Waals surface area contributed by atoms with Crippen LogP contribution in [0, 0.1) is 0 Å². The maximum absolute atomic E-state index is 10.7. The van der Waals surface area contributed by atoms with Crippen LogP contribution in [0.25, 0.3) is 0 Å². The summed E-state index contributed by atoms with van der Waals surface area (Å²) in [6, 6.07) is 0.149. The van der Waals surface area contributed by atoms with Gasteiger partial charge in [-0.25, -0.2) is 0 Å². The van der Waals surface area contributed by atoms with Crippen LogP contribution in [-0.2, 0) is 9.53 Å². The molecule has 1 rings (SSSR count). The third kappa shape index (κ3) is 4.73. The topological polar surface area (TPSA) is 49.8 Å². The Labute approximate surface area is 91.2 Å². The van der Waals surface area contributed by atoms with E-state index in [1.54, 1.807) is 6.92 Å². The number of unbranched alkanes of at least 4 members (excludes halogenated alkanes) is 1. The van der Waals surface area contributed by atoms with Crippen LogP contribution in [0.4, 0.5) is 0 Å². The number of morpholine rings is 1. The van der Waals surface area contributed by atoms with Crippen molar-refractivity contribution in [3.8, 4) is 0 Å². The first kappa shape index (κ1) is 12.6. The lowest BCUT2D eigenvalue weighted by Gasteiger charge is -2.34. The quantitative estimate of drug-likeness (QED) is 0.653. The number of aliphatic hydroxyl groups excluding tert-OH is 1. The summed E-state index contributed by atoms with van der Waals surface area (Å²) in [5.41, 5.74) is 0. The van der Waals surface area contributed by atoms with Gasteiger partial charge in [0.15, 0.2) is 0 Å². The summed E-state index contributed by atoms with van der Waals surface area (Å²) in [4.78, 5) is 13.0. The van der Waals surface area contributed by atoms with Gasteiger partial charge in [0.1, 0.15) is 5.78 Å². The van der Waals surface area contributed by atoms with Gasteiger partial charge in [0.05, 0.1) is 25.9 Å². The smallest absolute Gasteiger partial charge is 0.129 e. The molecule has 1 saturated heterocycles. The second-order valence-corrected chi connectivity index (χ2v) is 4.11. The standard InChI is InChI=1S/C11H21NO3/c1-10(14)4-2-3-5-12-6-7-15-9-11(12)8-13/h11,13H,2-9H2,1H3. The molecule has 0 aliphatic carbocycles. The predicted octanol–water partition coefficient (Wildman–Crippen LogP) is 0.439. The van der Waals surface area contributed by atoms with Gasteiger partial charge in [0, 0.05) is 13.0 Å². The number of ether oxygens (including phenoxy) is 1. The molecule has 88 valence electrons. The molecular weight excluding hydrogens is 194 g/mol. The lowest BCUT2D eigenvalue weighted by molar-refractivity contribution is -0.117. The lowest BCUT2D eigenvalue weighted by atomic mass is 10.1. The molecule has 0 aromatic carbocycles. The average Bonchev–Trinajstić information content (AvgIpc) is 2.24. The van der Waals surface area contributed by atoms with E-state index >= 15 is 0 Å². The van der Waals surface area contributed by atoms with E-state index in [-0.39, 0.29) is 18.4 Å². The predicted molar refractivity (Wildman–Crippen MR) is 57.8 cm³/mol. The fourth-order valence-electron chi connectivity index (χ4n) is 1.84. The number of hydrogen-bond acceptors (Lipinski definition) is 4. The molecule has 4 heteroatoms. The number of nitrogens with zero attached hydrogens (tertiary/aromatic N) is 1. The minimum absolute atomic E-state index is 0.149. The van der Waals surface area contributed by atoms with Crippen LogP contribution in [0.3, 0.4) is 0 Å². The second kappa shape index (κ2) is 6.93. The SMILES string of the molecule is CC(=O)CCCCN1CCOCC1CO. The number of rotatable bonds is 6. The van der Waals surface area contributed by atoms with Crippen LogP contribution in [0.5, 0.6) is 0 Å². The summed E-state index contributed by atoms with van der Waals surface area (Å²) < 4.78 is 5.29. The van der Waals surface area contributed by atoms with E-state index in [1.165, 1.54) is 0 Å². The largest absolute Gasteiger partial charge is 0.395 e. The number of Topliss-reactive ketones (excluding diaryl/α,β-unsaturated/α-hetero) is 1. The third-order valence-electron chi connectivity index (χ3n) is 2.78. The van der Waals surface area contributed by atoms with Crippen LogP contribution < -0.4 is 0 Å². The zero-order valence-corrected chi connectivity index (χ0v) is 9.45. The molecule has 1 atom stereocenters. The van der Waals surface area contributed by atoms with Crippen LogP contribution in [0.2, 0.25) is 0 Å². The minimum atomic E-state index is 0.149. The number of hydrogen-bond donors (Lipinski definition) is 1. The highest BCUT2D eigenvalue weighted by Gasteiger charge is 2.21. The molecule has 1 N–H and O–H groups in total. The lowest BCUT2D eigenvalue weighted by Crippen LogP contribution is -2.47. The second-order valence-electron chi connectivity index (χ2n) is 4.11. The van der Waals surface area contributed by atoms with Crippen molar-refractivity contribution < 1.29 is 14.6 Å². The van der Waals surface area contributed by atoms with Gasteiger partial charge in [-0.15, -0.1) is 0 Å². The zero-order chi connectivity index (χ0) is 11.1. The van der Waals surface area contributed by atoms with Crippen LogP contribution >= 0.6 is 0 Å². The Kier molecular flexibility index (Phi) is 5.83. The molecule has 1 fully saturated rings. The van der Waals surface area contributed by atoms with E-state index in [4.69, 9.17) is 9.84 Å². The molecule has 1 aliphatic rings. The monoisotopic (exact) mass is 215 g/mol. The molecular formula is C11H21NO3. The summed E-state index contributed by atoms with van der Waals surface area (Å²) in [5, 5.41) is 9.13. The Morgan fingerprint density at radius 2 is 2.33 bits per heavy atom. The van der Waals surface area contributed by atoms with Crippen molar-refractivity contribution in [1.82, 2.24) is 4.90 Å². The summed E-state index contributed by atoms with van der Waals surface area (Å²) in [7, 11) is 0. The normalized spacial score (nSPS) is 22.9. The highest BCUT2D eigenvalue weighted by atomic mass is 16.5. The highest BCUT2D eigenvalue weighted by molar-refractivity contribution is 5.75. The fraction of sp³-hybridized carbons (Fsp3) is 0.909. The van der Waals surface area contributed by atoms with Crippen LogP contribution in [-0.4, -0.2) is 54.7 Å². The van der Waals surface area contributed by atoms with Gasteiger partial charge in [-0.05, 0) is 26.3 Å². The summed E-state index contributed by atoms with van der Waals surface area (Å²) in [5.74, 6) is 0.260. The van der Waals surface area contributed by atoms with Gasteiger partial charge in [0.2, 0.25) is 0 Å². The van der Waals surface area contributed by atoms with Gasteiger partial charge < -0.3 is 14.6 Å². The first-order valence-corrected chi connectivity index (χ1v) is 5.66. The van der Waals surface area contributed by atoms with Gasteiger partial charge in [0.25, 0.3) is 0 Å². The van der Waals surface area contributed by atoms with Crippen molar-refractivity contribution in [2.75, 3.05) is 32.9 Å². The van der Waals surface area contributed by atoms with Gasteiger partial charge >= 0.3 is 0 Å². The van der Waals surface area contributed by atoms with Gasteiger partial charge in [-0.1, -0.05) is 0 Å². The summed E-state index contributed by atoms with van der Waals surface area (Å²) in [6.45, 7) is 5.03. The Morgan fingerprint density at radius 3 is 3.00 bits per heavy atom.